The zero-order valence-corrected chi connectivity index (χ0v) is 11.9. The summed E-state index contributed by atoms with van der Waals surface area (Å²) in [5, 5.41) is 10.8. The first kappa shape index (κ1) is 14.1. The summed E-state index contributed by atoms with van der Waals surface area (Å²) in [7, 11) is 0. The maximum atomic E-state index is 10.8. The molecule has 0 spiro atoms. The van der Waals surface area contributed by atoms with E-state index >= 15 is 0 Å². The van der Waals surface area contributed by atoms with Gasteiger partial charge in [-0.2, -0.15) is 0 Å². The largest absolute Gasteiger partial charge is 0.297 e. The van der Waals surface area contributed by atoms with Gasteiger partial charge in [0.1, 0.15) is 0 Å². The third kappa shape index (κ3) is 3.51. The van der Waals surface area contributed by atoms with Crippen molar-refractivity contribution in [1.82, 2.24) is 4.90 Å². The van der Waals surface area contributed by atoms with Crippen LogP contribution < -0.4 is 0 Å². The van der Waals surface area contributed by atoms with E-state index in [9.17, 15) is 10.1 Å². The van der Waals surface area contributed by atoms with E-state index in [0.29, 0.717) is 10.5 Å². The van der Waals surface area contributed by atoms with Gasteiger partial charge in [-0.05, 0) is 41.9 Å². The number of benzene rings is 1. The lowest BCUT2D eigenvalue weighted by Crippen LogP contribution is -2.30. The normalized spacial score (nSPS) is 11.2. The van der Waals surface area contributed by atoms with Crippen molar-refractivity contribution in [2.75, 3.05) is 6.54 Å². The molecule has 0 atom stereocenters. The zero-order valence-electron chi connectivity index (χ0n) is 10.3. The third-order valence-corrected chi connectivity index (χ3v) is 3.68. The van der Waals surface area contributed by atoms with Gasteiger partial charge >= 0.3 is 0 Å². The lowest BCUT2D eigenvalue weighted by atomic mass is 10.1. The average Bonchev–Trinajstić information content (AvgIpc) is 2.26. The van der Waals surface area contributed by atoms with Crippen LogP contribution in [0.25, 0.3) is 0 Å². The number of halogens is 1. The van der Waals surface area contributed by atoms with Crippen molar-refractivity contribution in [3.8, 4) is 0 Å². The van der Waals surface area contributed by atoms with Crippen LogP contribution in [0.1, 0.15) is 26.3 Å². The van der Waals surface area contributed by atoms with E-state index in [2.05, 4.69) is 41.6 Å². The molecule has 0 amide bonds. The summed E-state index contributed by atoms with van der Waals surface area (Å²) in [4.78, 5) is 12.7. The maximum absolute atomic E-state index is 10.8. The van der Waals surface area contributed by atoms with Crippen LogP contribution in [0.15, 0.2) is 22.7 Å². The first-order valence-corrected chi connectivity index (χ1v) is 6.42. The lowest BCUT2D eigenvalue weighted by Gasteiger charge is -2.25. The fraction of sp³-hybridized carbons (Fsp3) is 0.500. The molecule has 0 aliphatic rings. The van der Waals surface area contributed by atoms with Crippen molar-refractivity contribution in [1.29, 1.82) is 0 Å². The standard InChI is InChI=1S/C12H17BrN2O2/c1-4-14(9(2)3)8-10-6-5-7-11(12(10)13)15(16)17/h5-7,9H,4,8H2,1-3H3. The second kappa shape index (κ2) is 6.12. The molecule has 94 valence electrons. The molecular formula is C12H17BrN2O2. The Morgan fingerprint density at radius 1 is 1.47 bits per heavy atom. The van der Waals surface area contributed by atoms with E-state index in [1.165, 1.54) is 6.07 Å². The Hall–Kier alpha value is -0.940. The SMILES string of the molecule is CCN(Cc1cccc([N+](=O)[O-])c1Br)C(C)C. The minimum absolute atomic E-state index is 0.127. The van der Waals surface area contributed by atoms with Gasteiger partial charge in [-0.25, -0.2) is 0 Å². The highest BCUT2D eigenvalue weighted by Crippen LogP contribution is 2.29. The first-order chi connectivity index (χ1) is 7.97. The zero-order chi connectivity index (χ0) is 13.0. The molecule has 0 fully saturated rings. The molecule has 0 bridgehead atoms. The Balaban J connectivity index is 2.99. The number of hydrogen-bond acceptors (Lipinski definition) is 3. The van der Waals surface area contributed by atoms with Gasteiger partial charge in [-0.1, -0.05) is 19.1 Å². The molecule has 17 heavy (non-hydrogen) atoms. The van der Waals surface area contributed by atoms with E-state index in [1.807, 2.05) is 6.07 Å². The molecule has 0 aromatic heterocycles. The molecule has 1 rings (SSSR count). The molecular weight excluding hydrogens is 284 g/mol. The van der Waals surface area contributed by atoms with E-state index in [1.54, 1.807) is 6.07 Å². The number of hydrogen-bond donors (Lipinski definition) is 0. The quantitative estimate of drug-likeness (QED) is 0.617. The molecule has 0 aliphatic carbocycles. The molecule has 0 N–H and O–H groups in total. The Bertz CT molecular complexity index is 407. The highest BCUT2D eigenvalue weighted by atomic mass is 79.9. The summed E-state index contributed by atoms with van der Waals surface area (Å²) < 4.78 is 0.587. The van der Waals surface area contributed by atoms with Gasteiger partial charge in [0.2, 0.25) is 0 Å². The van der Waals surface area contributed by atoms with Crippen molar-refractivity contribution in [2.24, 2.45) is 0 Å². The molecule has 0 unspecified atom stereocenters. The van der Waals surface area contributed by atoms with Crippen LogP contribution in [0.3, 0.4) is 0 Å². The fourth-order valence-corrected chi connectivity index (χ4v) is 2.24. The Labute approximate surface area is 110 Å². The van der Waals surface area contributed by atoms with E-state index < -0.39 is 0 Å². The van der Waals surface area contributed by atoms with Crippen molar-refractivity contribution in [2.45, 2.75) is 33.4 Å². The highest BCUT2D eigenvalue weighted by Gasteiger charge is 2.17. The summed E-state index contributed by atoms with van der Waals surface area (Å²) in [6, 6.07) is 5.58. The van der Waals surface area contributed by atoms with Gasteiger partial charge in [-0.15, -0.1) is 0 Å². The third-order valence-electron chi connectivity index (χ3n) is 2.76. The molecule has 0 radical (unpaired) electrons. The second-order valence-electron chi connectivity index (χ2n) is 4.16. The maximum Gasteiger partial charge on any atom is 0.283 e. The van der Waals surface area contributed by atoms with Crippen LogP contribution >= 0.6 is 15.9 Å². The molecule has 5 heteroatoms. The Morgan fingerprint density at radius 3 is 2.59 bits per heavy atom. The minimum atomic E-state index is -0.362. The van der Waals surface area contributed by atoms with Crippen molar-refractivity contribution >= 4 is 21.6 Å². The van der Waals surface area contributed by atoms with Crippen LogP contribution in [0.2, 0.25) is 0 Å². The van der Waals surface area contributed by atoms with E-state index in [0.717, 1.165) is 18.7 Å². The minimum Gasteiger partial charge on any atom is -0.297 e. The van der Waals surface area contributed by atoms with Gasteiger partial charge in [0.05, 0.1) is 9.40 Å². The monoisotopic (exact) mass is 300 g/mol. The van der Waals surface area contributed by atoms with Crippen molar-refractivity contribution in [3.63, 3.8) is 0 Å². The van der Waals surface area contributed by atoms with E-state index in [-0.39, 0.29) is 10.6 Å². The van der Waals surface area contributed by atoms with Gasteiger partial charge in [0, 0.05) is 18.7 Å². The lowest BCUT2D eigenvalue weighted by molar-refractivity contribution is -0.385. The smallest absolute Gasteiger partial charge is 0.283 e. The molecule has 1 aromatic rings. The van der Waals surface area contributed by atoms with Crippen molar-refractivity contribution < 1.29 is 4.92 Å². The van der Waals surface area contributed by atoms with Gasteiger partial charge in [0.15, 0.2) is 0 Å². The summed E-state index contributed by atoms with van der Waals surface area (Å²) in [5.41, 5.74) is 1.08. The summed E-state index contributed by atoms with van der Waals surface area (Å²) >= 11 is 3.32. The molecule has 4 nitrogen and oxygen atoms in total. The van der Waals surface area contributed by atoms with Gasteiger partial charge in [0.25, 0.3) is 5.69 Å². The summed E-state index contributed by atoms with van der Waals surface area (Å²) in [5.74, 6) is 0. The summed E-state index contributed by atoms with van der Waals surface area (Å²) in [6.45, 7) is 7.97. The van der Waals surface area contributed by atoms with Gasteiger partial charge < -0.3 is 0 Å². The number of nitro benzene ring substituents is 1. The average molecular weight is 301 g/mol. The molecule has 0 saturated carbocycles. The highest BCUT2D eigenvalue weighted by molar-refractivity contribution is 9.10. The summed E-state index contributed by atoms with van der Waals surface area (Å²) in [6.07, 6.45) is 0. The van der Waals surface area contributed by atoms with Crippen molar-refractivity contribution in [3.05, 3.63) is 38.3 Å². The van der Waals surface area contributed by atoms with Crippen LogP contribution in [-0.2, 0) is 6.54 Å². The van der Waals surface area contributed by atoms with Crippen LogP contribution in [0.5, 0.6) is 0 Å². The molecule has 0 saturated heterocycles. The number of nitro groups is 1. The van der Waals surface area contributed by atoms with Crippen LogP contribution in [-0.4, -0.2) is 22.4 Å². The van der Waals surface area contributed by atoms with Gasteiger partial charge in [-0.3, -0.25) is 15.0 Å². The Kier molecular flexibility index (Phi) is 5.08. The second-order valence-corrected chi connectivity index (χ2v) is 4.96. The molecule has 0 heterocycles. The molecule has 0 aliphatic heterocycles. The number of rotatable bonds is 5. The van der Waals surface area contributed by atoms with Crippen LogP contribution in [0.4, 0.5) is 5.69 Å². The first-order valence-electron chi connectivity index (χ1n) is 5.63. The predicted molar refractivity (Wildman–Crippen MR) is 72.0 cm³/mol. The van der Waals surface area contributed by atoms with E-state index in [4.69, 9.17) is 0 Å². The molecule has 1 aromatic carbocycles. The number of nitrogens with zero attached hydrogens (tertiary/aromatic N) is 2. The van der Waals surface area contributed by atoms with Crippen LogP contribution in [0, 0.1) is 10.1 Å². The Morgan fingerprint density at radius 2 is 2.12 bits per heavy atom. The predicted octanol–water partition coefficient (Wildman–Crippen LogP) is 3.59. The fourth-order valence-electron chi connectivity index (χ4n) is 1.71. The topological polar surface area (TPSA) is 46.4 Å².